The van der Waals surface area contributed by atoms with Gasteiger partial charge in [0.25, 0.3) is 0 Å². The summed E-state index contributed by atoms with van der Waals surface area (Å²) >= 11 is 0. The molecule has 2 nitrogen and oxygen atoms in total. The molecule has 0 aliphatic rings. The summed E-state index contributed by atoms with van der Waals surface area (Å²) in [6, 6.07) is 18.9. The summed E-state index contributed by atoms with van der Waals surface area (Å²) in [4.78, 5) is 0. The van der Waals surface area contributed by atoms with E-state index in [9.17, 15) is 0 Å². The molecule has 172 valence electrons. The Kier molecular flexibility index (Phi) is 4.23. The Morgan fingerprint density at radius 2 is 1.53 bits per heavy atom. The Labute approximate surface area is 202 Å². The van der Waals surface area contributed by atoms with Crippen molar-refractivity contribution >= 4 is 49.0 Å². The minimum atomic E-state index is 0.103. The van der Waals surface area contributed by atoms with Gasteiger partial charge in [0, 0.05) is 16.8 Å². The number of benzene rings is 3. The van der Waals surface area contributed by atoms with Crippen molar-refractivity contribution in [3.05, 3.63) is 71.4 Å². The van der Waals surface area contributed by atoms with Crippen molar-refractivity contribution in [2.75, 3.05) is 0 Å². The fraction of sp³-hybridized carbons (Fsp3) is 0.344. The number of aromatic nitrogens is 2. The van der Waals surface area contributed by atoms with E-state index >= 15 is 0 Å². The van der Waals surface area contributed by atoms with Crippen LogP contribution in [0.25, 0.3) is 49.0 Å². The normalized spacial score (nSPS) is 13.4. The van der Waals surface area contributed by atoms with Crippen LogP contribution in [-0.4, -0.2) is 4.40 Å². The summed E-state index contributed by atoms with van der Waals surface area (Å²) in [6.45, 7) is 16.2. The van der Waals surface area contributed by atoms with E-state index in [0.717, 1.165) is 6.42 Å². The van der Waals surface area contributed by atoms with E-state index in [1.54, 1.807) is 0 Å². The van der Waals surface area contributed by atoms with Gasteiger partial charge in [-0.2, -0.15) is 0 Å². The summed E-state index contributed by atoms with van der Waals surface area (Å²) in [5, 5.41) is 6.76. The molecule has 6 aromatic rings. The molecule has 0 N–H and O–H groups in total. The molecule has 0 unspecified atom stereocenters. The van der Waals surface area contributed by atoms with E-state index in [1.165, 1.54) is 65.7 Å². The highest BCUT2D eigenvalue weighted by Gasteiger charge is 2.25. The highest BCUT2D eigenvalue weighted by atomic mass is 15.0. The SMILES string of the molecule is Cc1ccc2c3ccc(C(C)(C)C)cc3n3c4cc(CC(C)(C)C)cc5cc[n+](C)c(c1c23)c54. The second kappa shape index (κ2) is 6.72. The summed E-state index contributed by atoms with van der Waals surface area (Å²) in [6.07, 6.45) is 3.29. The van der Waals surface area contributed by atoms with Crippen LogP contribution >= 0.6 is 0 Å². The summed E-state index contributed by atoms with van der Waals surface area (Å²) in [7, 11) is 2.19. The molecule has 0 atom stereocenters. The zero-order valence-corrected chi connectivity index (χ0v) is 21.8. The molecular weight excluding hydrogens is 412 g/mol. The standard InChI is InChI=1S/C32H35N2/c1-19-9-11-24-23-12-10-22(32(5,6)7)17-25(23)34-26-16-20(18-31(2,3)4)15-21-13-14-33(8)30(28(21)26)27(19)29(24)34/h9-17H,18H2,1-8H3/q+1. The number of fused-ring (bicyclic) bond motifs is 5. The lowest BCUT2D eigenvalue weighted by atomic mass is 9.86. The molecule has 3 heterocycles. The number of nitrogens with zero attached hydrogens (tertiary/aromatic N) is 2. The molecule has 0 saturated carbocycles. The third kappa shape index (κ3) is 2.97. The van der Waals surface area contributed by atoms with Gasteiger partial charge in [-0.05, 0) is 58.4 Å². The minimum absolute atomic E-state index is 0.103. The van der Waals surface area contributed by atoms with Crippen molar-refractivity contribution in [1.29, 1.82) is 0 Å². The zero-order valence-electron chi connectivity index (χ0n) is 21.8. The van der Waals surface area contributed by atoms with Gasteiger partial charge in [0.2, 0.25) is 5.52 Å². The van der Waals surface area contributed by atoms with E-state index < -0.39 is 0 Å². The Hall–Kier alpha value is -3.13. The van der Waals surface area contributed by atoms with Crippen molar-refractivity contribution in [3.63, 3.8) is 0 Å². The summed E-state index contributed by atoms with van der Waals surface area (Å²) in [5.41, 5.74) is 9.80. The molecule has 0 aliphatic heterocycles. The van der Waals surface area contributed by atoms with Crippen LogP contribution in [0.15, 0.2) is 54.7 Å². The van der Waals surface area contributed by atoms with Crippen LogP contribution in [0.5, 0.6) is 0 Å². The predicted octanol–water partition coefficient (Wildman–Crippen LogP) is 8.01. The lowest BCUT2D eigenvalue weighted by Gasteiger charge is -2.20. The maximum absolute atomic E-state index is 2.57. The minimum Gasteiger partial charge on any atom is -0.307 e. The van der Waals surface area contributed by atoms with Crippen LogP contribution in [0.3, 0.4) is 0 Å². The van der Waals surface area contributed by atoms with Gasteiger partial charge in [0.15, 0.2) is 6.20 Å². The maximum atomic E-state index is 2.57. The molecular formula is C32H35N2+. The highest BCUT2D eigenvalue weighted by molar-refractivity contribution is 6.25. The Bertz CT molecular complexity index is 1750. The van der Waals surface area contributed by atoms with E-state index in [4.69, 9.17) is 0 Å². The average molecular weight is 448 g/mol. The molecule has 0 fully saturated rings. The van der Waals surface area contributed by atoms with Crippen LogP contribution in [0.4, 0.5) is 0 Å². The number of hydrogen-bond acceptors (Lipinski definition) is 0. The Morgan fingerprint density at radius 1 is 0.794 bits per heavy atom. The number of aryl methyl sites for hydroxylation is 2. The molecule has 0 radical (unpaired) electrons. The molecule has 0 amide bonds. The molecule has 6 rings (SSSR count). The lowest BCUT2D eigenvalue weighted by Crippen LogP contribution is -2.29. The van der Waals surface area contributed by atoms with Crippen molar-refractivity contribution in [2.45, 2.75) is 60.3 Å². The second-order valence-corrected chi connectivity index (χ2v) is 12.6. The fourth-order valence-corrected chi connectivity index (χ4v) is 5.96. The van der Waals surface area contributed by atoms with E-state index in [0.29, 0.717) is 0 Å². The molecule has 3 aromatic heterocycles. The summed E-state index contributed by atoms with van der Waals surface area (Å²) in [5.74, 6) is 0. The average Bonchev–Trinajstić information content (AvgIpc) is 3.06. The van der Waals surface area contributed by atoms with Crippen molar-refractivity contribution in [1.82, 2.24) is 4.40 Å². The number of pyridine rings is 2. The van der Waals surface area contributed by atoms with Crippen LogP contribution in [0.1, 0.15) is 58.2 Å². The highest BCUT2D eigenvalue weighted by Crippen LogP contribution is 2.42. The fourth-order valence-electron chi connectivity index (χ4n) is 5.96. The van der Waals surface area contributed by atoms with Gasteiger partial charge >= 0.3 is 0 Å². The van der Waals surface area contributed by atoms with Crippen molar-refractivity contribution in [3.8, 4) is 0 Å². The molecule has 0 aliphatic carbocycles. The van der Waals surface area contributed by atoms with Gasteiger partial charge < -0.3 is 4.40 Å². The van der Waals surface area contributed by atoms with Gasteiger partial charge in [-0.1, -0.05) is 71.9 Å². The van der Waals surface area contributed by atoms with Crippen LogP contribution in [-0.2, 0) is 18.9 Å². The molecule has 0 saturated heterocycles. The third-order valence-electron chi connectivity index (χ3n) is 7.49. The lowest BCUT2D eigenvalue weighted by molar-refractivity contribution is -0.643. The third-order valence-corrected chi connectivity index (χ3v) is 7.49. The van der Waals surface area contributed by atoms with Crippen LogP contribution in [0.2, 0.25) is 0 Å². The van der Waals surface area contributed by atoms with Crippen molar-refractivity contribution in [2.24, 2.45) is 12.5 Å². The number of hydrogen-bond donors (Lipinski definition) is 0. The topological polar surface area (TPSA) is 8.29 Å². The largest absolute Gasteiger partial charge is 0.307 e. The van der Waals surface area contributed by atoms with E-state index in [1.807, 2.05) is 0 Å². The van der Waals surface area contributed by atoms with Gasteiger partial charge in [-0.15, -0.1) is 0 Å². The Morgan fingerprint density at radius 3 is 2.24 bits per heavy atom. The monoisotopic (exact) mass is 447 g/mol. The first kappa shape index (κ1) is 21.4. The molecule has 2 heteroatoms. The summed E-state index contributed by atoms with van der Waals surface area (Å²) < 4.78 is 4.89. The first-order valence-corrected chi connectivity index (χ1v) is 12.5. The first-order valence-electron chi connectivity index (χ1n) is 12.5. The number of rotatable bonds is 1. The molecule has 34 heavy (non-hydrogen) atoms. The zero-order chi connectivity index (χ0) is 24.2. The second-order valence-electron chi connectivity index (χ2n) is 12.6. The first-order chi connectivity index (χ1) is 15.9. The smallest absolute Gasteiger partial charge is 0.224 e. The maximum Gasteiger partial charge on any atom is 0.224 e. The Balaban J connectivity index is 1.94. The molecule has 0 spiro atoms. The van der Waals surface area contributed by atoms with Gasteiger partial charge in [-0.3, -0.25) is 0 Å². The van der Waals surface area contributed by atoms with Crippen LogP contribution < -0.4 is 4.57 Å². The van der Waals surface area contributed by atoms with Gasteiger partial charge in [0.1, 0.15) is 7.05 Å². The van der Waals surface area contributed by atoms with Crippen LogP contribution in [0, 0.1) is 12.3 Å². The van der Waals surface area contributed by atoms with Crippen molar-refractivity contribution < 1.29 is 4.57 Å². The molecule has 0 bridgehead atoms. The van der Waals surface area contributed by atoms with E-state index in [2.05, 4.69) is 119 Å². The quantitative estimate of drug-likeness (QED) is 0.137. The van der Waals surface area contributed by atoms with Gasteiger partial charge in [-0.25, -0.2) is 4.57 Å². The molecule has 3 aromatic carbocycles. The van der Waals surface area contributed by atoms with E-state index in [-0.39, 0.29) is 10.8 Å². The van der Waals surface area contributed by atoms with Gasteiger partial charge in [0.05, 0.1) is 27.3 Å². The predicted molar refractivity (Wildman–Crippen MR) is 146 cm³/mol.